The first-order valence-electron chi connectivity index (χ1n) is 9.42. The first-order valence-corrected chi connectivity index (χ1v) is 10.2. The van der Waals surface area contributed by atoms with Crippen molar-refractivity contribution in [1.82, 2.24) is 5.32 Å². The van der Waals surface area contributed by atoms with E-state index < -0.39 is 23.9 Å². The minimum atomic E-state index is -2.07. The van der Waals surface area contributed by atoms with Crippen molar-refractivity contribution >= 4 is 52.1 Å². The van der Waals surface area contributed by atoms with Gasteiger partial charge in [-0.3, -0.25) is 14.9 Å². The van der Waals surface area contributed by atoms with Crippen LogP contribution in [0, 0.1) is 0 Å². The second-order valence-corrected chi connectivity index (χ2v) is 7.46. The van der Waals surface area contributed by atoms with Crippen molar-refractivity contribution in [3.63, 3.8) is 0 Å². The van der Waals surface area contributed by atoms with E-state index in [2.05, 4.69) is 5.32 Å². The third-order valence-corrected chi connectivity index (χ3v) is 4.90. The van der Waals surface area contributed by atoms with E-state index in [-0.39, 0.29) is 19.3 Å². The lowest BCUT2D eigenvalue weighted by molar-refractivity contribution is -0.235. The van der Waals surface area contributed by atoms with E-state index >= 15 is 0 Å². The molecule has 0 saturated carbocycles. The fourth-order valence-corrected chi connectivity index (χ4v) is 3.15. The molecule has 2 aromatic carbocycles. The molecule has 0 radical (unpaired) electrons. The van der Waals surface area contributed by atoms with Gasteiger partial charge < -0.3 is 15.2 Å². The van der Waals surface area contributed by atoms with Crippen molar-refractivity contribution < 1.29 is 23.9 Å². The molecular weight excluding hydrogens is 436 g/mol. The molecule has 2 amide bonds. The number of hydrogen-bond acceptors (Lipinski definition) is 7. The topological polar surface area (TPSA) is 108 Å². The molecule has 0 aliphatic rings. The lowest BCUT2D eigenvalue weighted by Crippen LogP contribution is -2.56. The van der Waals surface area contributed by atoms with E-state index in [0.29, 0.717) is 20.9 Å². The van der Waals surface area contributed by atoms with Crippen molar-refractivity contribution in [3.8, 4) is 0 Å². The average Bonchev–Trinajstić information content (AvgIpc) is 2.74. The number of primary amides is 1. The van der Waals surface area contributed by atoms with Gasteiger partial charge in [0.25, 0.3) is 0 Å². The molecule has 3 N–H and O–H groups in total. The number of carbonyl (C=O) groups excluding carboxylic acids is 3. The second-order valence-electron chi connectivity index (χ2n) is 6.48. The van der Waals surface area contributed by atoms with Crippen LogP contribution in [0.1, 0.15) is 37.3 Å². The van der Waals surface area contributed by atoms with E-state index in [0.717, 1.165) is 0 Å². The Morgan fingerprint density at radius 3 is 1.55 bits per heavy atom. The summed E-state index contributed by atoms with van der Waals surface area (Å²) in [5.74, 6) is -3.65. The molecule has 2 rings (SSSR count). The smallest absolute Gasteiger partial charge is 0.343 e. The third kappa shape index (κ3) is 7.54. The SMILES string of the molecule is CCC(NC(N)=O)(OC(=O)CC(=S)c1ccccc1)OC(=O)CC(=S)c1ccccc1. The third-order valence-electron chi connectivity index (χ3n) is 4.14. The van der Waals surface area contributed by atoms with Gasteiger partial charge in [-0.05, 0) is 11.1 Å². The fourth-order valence-electron chi connectivity index (χ4n) is 2.65. The summed E-state index contributed by atoms with van der Waals surface area (Å²) >= 11 is 10.5. The van der Waals surface area contributed by atoms with Gasteiger partial charge in [-0.25, -0.2) is 4.79 Å². The quantitative estimate of drug-likeness (QED) is 0.243. The molecule has 7 nitrogen and oxygen atoms in total. The number of rotatable bonds is 10. The van der Waals surface area contributed by atoms with Crippen LogP contribution in [0.15, 0.2) is 60.7 Å². The Bertz CT molecular complexity index is 897. The Morgan fingerprint density at radius 2 is 1.23 bits per heavy atom. The number of carbonyl (C=O) groups is 3. The molecule has 0 fully saturated rings. The highest BCUT2D eigenvalue weighted by molar-refractivity contribution is 7.81. The van der Waals surface area contributed by atoms with Crippen LogP contribution in [0.3, 0.4) is 0 Å². The van der Waals surface area contributed by atoms with Gasteiger partial charge in [-0.15, -0.1) is 0 Å². The van der Waals surface area contributed by atoms with Crippen LogP contribution in [0.25, 0.3) is 0 Å². The predicted octanol–water partition coefficient (Wildman–Crippen LogP) is 3.42. The average molecular weight is 459 g/mol. The Hall–Kier alpha value is -3.17. The lowest BCUT2D eigenvalue weighted by atomic mass is 10.1. The number of hydrogen-bond donors (Lipinski definition) is 2. The molecule has 0 aromatic heterocycles. The predicted molar refractivity (Wildman–Crippen MR) is 123 cm³/mol. The molecule has 2 aromatic rings. The summed E-state index contributed by atoms with van der Waals surface area (Å²) in [6.07, 6.45) is -0.577. The van der Waals surface area contributed by atoms with Crippen LogP contribution >= 0.6 is 24.4 Å². The standard InChI is InChI=1S/C22H22N2O5S2/c1-2-22(24-21(23)27,28-19(25)13-17(30)15-9-5-3-6-10-15)29-20(26)14-18(31)16-11-7-4-8-12-16/h3-12H,2,13-14H2,1H3,(H3,23,24,27). The van der Waals surface area contributed by atoms with Crippen molar-refractivity contribution in [2.45, 2.75) is 32.1 Å². The molecule has 0 saturated heterocycles. The van der Waals surface area contributed by atoms with Crippen LogP contribution in [-0.2, 0) is 19.1 Å². The van der Waals surface area contributed by atoms with Gasteiger partial charge in [-0.1, -0.05) is 92.0 Å². The Balaban J connectivity index is 2.09. The van der Waals surface area contributed by atoms with Crippen LogP contribution in [0.5, 0.6) is 0 Å². The summed E-state index contributed by atoms with van der Waals surface area (Å²) < 4.78 is 10.6. The summed E-state index contributed by atoms with van der Waals surface area (Å²) in [6, 6.07) is 16.8. The molecule has 0 atom stereocenters. The molecule has 0 unspecified atom stereocenters. The fraction of sp³-hybridized carbons (Fsp3) is 0.227. The molecule has 31 heavy (non-hydrogen) atoms. The molecule has 0 aliphatic carbocycles. The monoisotopic (exact) mass is 458 g/mol. The van der Waals surface area contributed by atoms with E-state index in [1.807, 2.05) is 12.1 Å². The zero-order chi connectivity index (χ0) is 22.9. The number of nitrogens with one attached hydrogen (secondary N) is 1. The lowest BCUT2D eigenvalue weighted by Gasteiger charge is -2.31. The number of esters is 2. The van der Waals surface area contributed by atoms with E-state index in [1.54, 1.807) is 55.5 Å². The Morgan fingerprint density at radius 1 is 0.839 bits per heavy atom. The van der Waals surface area contributed by atoms with E-state index in [9.17, 15) is 14.4 Å². The van der Waals surface area contributed by atoms with Crippen molar-refractivity contribution in [3.05, 3.63) is 71.8 Å². The van der Waals surface area contributed by atoms with Crippen LogP contribution in [0.2, 0.25) is 0 Å². The highest BCUT2D eigenvalue weighted by Gasteiger charge is 2.39. The maximum absolute atomic E-state index is 12.5. The summed E-state index contributed by atoms with van der Waals surface area (Å²) in [6.45, 7) is 1.56. The van der Waals surface area contributed by atoms with Gasteiger partial charge in [0.05, 0.1) is 12.8 Å². The van der Waals surface area contributed by atoms with Gasteiger partial charge in [0.2, 0.25) is 0 Å². The van der Waals surface area contributed by atoms with Gasteiger partial charge in [0, 0.05) is 16.1 Å². The molecule has 162 valence electrons. The highest BCUT2D eigenvalue weighted by Crippen LogP contribution is 2.19. The van der Waals surface area contributed by atoms with Crippen molar-refractivity contribution in [1.29, 1.82) is 0 Å². The normalized spacial score (nSPS) is 10.6. The second kappa shape index (κ2) is 11.3. The van der Waals surface area contributed by atoms with Crippen molar-refractivity contribution in [2.75, 3.05) is 0 Å². The number of urea groups is 1. The van der Waals surface area contributed by atoms with Crippen LogP contribution in [-0.4, -0.2) is 33.6 Å². The highest BCUT2D eigenvalue weighted by atomic mass is 32.1. The van der Waals surface area contributed by atoms with Crippen LogP contribution in [0.4, 0.5) is 4.79 Å². The number of nitrogens with two attached hydrogens (primary N) is 1. The largest absolute Gasteiger partial charge is 0.403 e. The molecule has 0 aliphatic heterocycles. The maximum Gasteiger partial charge on any atom is 0.343 e. The van der Waals surface area contributed by atoms with Gasteiger partial charge in [0.15, 0.2) is 0 Å². The molecule has 0 bridgehead atoms. The molecule has 0 spiro atoms. The Labute approximate surface area is 190 Å². The summed E-state index contributed by atoms with van der Waals surface area (Å²) in [5.41, 5.74) is 6.58. The zero-order valence-electron chi connectivity index (χ0n) is 16.8. The van der Waals surface area contributed by atoms with Crippen molar-refractivity contribution in [2.24, 2.45) is 5.73 Å². The minimum Gasteiger partial charge on any atom is -0.403 e. The van der Waals surface area contributed by atoms with E-state index in [1.165, 1.54) is 0 Å². The Kier molecular flexibility index (Phi) is 8.77. The summed E-state index contributed by atoms with van der Waals surface area (Å²) in [5, 5.41) is 2.20. The van der Waals surface area contributed by atoms with Crippen LogP contribution < -0.4 is 11.1 Å². The first kappa shape index (κ1) is 24.1. The molecule has 9 heteroatoms. The number of amides is 2. The van der Waals surface area contributed by atoms with Gasteiger partial charge in [0.1, 0.15) is 0 Å². The maximum atomic E-state index is 12.5. The summed E-state index contributed by atoms with van der Waals surface area (Å²) in [4.78, 5) is 37.2. The number of benzene rings is 2. The zero-order valence-corrected chi connectivity index (χ0v) is 18.5. The van der Waals surface area contributed by atoms with Gasteiger partial charge >= 0.3 is 23.9 Å². The summed E-state index contributed by atoms with van der Waals surface area (Å²) in [7, 11) is 0. The van der Waals surface area contributed by atoms with E-state index in [4.69, 9.17) is 39.6 Å². The first-order chi connectivity index (χ1) is 14.7. The van der Waals surface area contributed by atoms with Gasteiger partial charge in [-0.2, -0.15) is 0 Å². The molecular formula is C22H22N2O5S2. The number of ether oxygens (including phenoxy) is 2. The molecule has 0 heterocycles. The number of thiocarbonyl (C=S) groups is 2. The minimum absolute atomic E-state index is 0.0797.